The third-order valence-electron chi connectivity index (χ3n) is 3.07. The van der Waals surface area contributed by atoms with Crippen LogP contribution in [0.15, 0.2) is 11.6 Å². The van der Waals surface area contributed by atoms with Gasteiger partial charge in [0.25, 0.3) is 0 Å². The molecule has 0 saturated carbocycles. The molecular formula is C11H14N6OS. The molecule has 100 valence electrons. The van der Waals surface area contributed by atoms with Crippen molar-refractivity contribution in [2.24, 2.45) is 0 Å². The van der Waals surface area contributed by atoms with Crippen molar-refractivity contribution in [1.82, 2.24) is 25.1 Å². The third kappa shape index (κ3) is 2.43. The molecule has 2 N–H and O–H groups in total. The van der Waals surface area contributed by atoms with Gasteiger partial charge in [-0.3, -0.25) is 10.4 Å². The van der Waals surface area contributed by atoms with E-state index in [1.54, 1.807) is 29.4 Å². The van der Waals surface area contributed by atoms with Crippen molar-refractivity contribution in [2.45, 2.75) is 25.8 Å². The van der Waals surface area contributed by atoms with Crippen LogP contribution in [0.25, 0.3) is 0 Å². The van der Waals surface area contributed by atoms with Gasteiger partial charge >= 0.3 is 6.03 Å². The molecule has 19 heavy (non-hydrogen) atoms. The summed E-state index contributed by atoms with van der Waals surface area (Å²) in [5, 5.41) is 12.2. The Labute approximate surface area is 114 Å². The van der Waals surface area contributed by atoms with Crippen molar-refractivity contribution in [3.05, 3.63) is 22.4 Å². The molecule has 1 aliphatic rings. The number of carbonyl (C=O) groups excluding carboxylic acids is 1. The maximum Gasteiger partial charge on any atom is 0.324 e. The summed E-state index contributed by atoms with van der Waals surface area (Å²) in [5.74, 6) is 0.987. The van der Waals surface area contributed by atoms with Crippen molar-refractivity contribution < 1.29 is 4.79 Å². The molecule has 1 atom stereocenters. The maximum absolute atomic E-state index is 12.2. The number of nitrogens with zero attached hydrogens (tertiary/aromatic N) is 4. The standard InChI is InChI=1S/C11H14N6OS/c1-7-13-10(16-15-7)14-11(18)17-5-2-3-8(17)9-12-4-6-19-9/h4,6,8H,2-3,5H2,1H3,(H2,13,14,15,16,18). The molecule has 2 aromatic rings. The summed E-state index contributed by atoms with van der Waals surface area (Å²) in [6.07, 6.45) is 3.71. The average Bonchev–Trinajstić information content (AvgIpc) is 3.07. The lowest BCUT2D eigenvalue weighted by Gasteiger charge is -2.22. The fourth-order valence-corrected chi connectivity index (χ4v) is 3.02. The number of carbonyl (C=O) groups is 1. The second kappa shape index (κ2) is 4.96. The normalized spacial score (nSPS) is 18.8. The molecule has 2 aromatic heterocycles. The van der Waals surface area contributed by atoms with Crippen LogP contribution in [0.5, 0.6) is 0 Å². The van der Waals surface area contributed by atoms with E-state index in [2.05, 4.69) is 25.5 Å². The molecule has 3 heterocycles. The number of urea groups is 1. The minimum Gasteiger partial charge on any atom is -0.315 e. The van der Waals surface area contributed by atoms with Crippen LogP contribution in [0.3, 0.4) is 0 Å². The summed E-state index contributed by atoms with van der Waals surface area (Å²) in [7, 11) is 0. The first-order chi connectivity index (χ1) is 9.24. The van der Waals surface area contributed by atoms with E-state index in [9.17, 15) is 4.79 Å². The van der Waals surface area contributed by atoms with E-state index in [4.69, 9.17) is 0 Å². The molecule has 2 amide bonds. The van der Waals surface area contributed by atoms with Gasteiger partial charge in [-0.1, -0.05) is 0 Å². The Morgan fingerprint density at radius 3 is 3.21 bits per heavy atom. The molecule has 7 nitrogen and oxygen atoms in total. The summed E-state index contributed by atoms with van der Waals surface area (Å²) < 4.78 is 0. The van der Waals surface area contributed by atoms with Crippen LogP contribution in [0, 0.1) is 6.92 Å². The third-order valence-corrected chi connectivity index (χ3v) is 3.94. The quantitative estimate of drug-likeness (QED) is 0.878. The Morgan fingerprint density at radius 2 is 2.53 bits per heavy atom. The maximum atomic E-state index is 12.2. The van der Waals surface area contributed by atoms with Crippen LogP contribution in [0.4, 0.5) is 10.7 Å². The number of H-pyrrole nitrogens is 1. The van der Waals surface area contributed by atoms with E-state index in [0.717, 1.165) is 24.4 Å². The first kappa shape index (κ1) is 12.1. The SMILES string of the molecule is Cc1nc(NC(=O)N2CCCC2c2nccs2)n[nH]1. The lowest BCUT2D eigenvalue weighted by molar-refractivity contribution is 0.207. The summed E-state index contributed by atoms with van der Waals surface area (Å²) in [4.78, 5) is 22.4. The summed E-state index contributed by atoms with van der Waals surface area (Å²) in [6, 6.07) is -0.100. The lowest BCUT2D eigenvalue weighted by Crippen LogP contribution is -2.34. The molecule has 1 fully saturated rings. The smallest absolute Gasteiger partial charge is 0.315 e. The van der Waals surface area contributed by atoms with Gasteiger partial charge in [0.1, 0.15) is 10.8 Å². The lowest BCUT2D eigenvalue weighted by atomic mass is 10.2. The molecule has 0 aliphatic carbocycles. The Hall–Kier alpha value is -1.96. The molecule has 0 bridgehead atoms. The van der Waals surface area contributed by atoms with E-state index in [0.29, 0.717) is 11.8 Å². The largest absolute Gasteiger partial charge is 0.324 e. The van der Waals surface area contributed by atoms with Gasteiger partial charge in [-0.25, -0.2) is 9.78 Å². The van der Waals surface area contributed by atoms with Crippen LogP contribution in [-0.4, -0.2) is 37.6 Å². The molecule has 3 rings (SSSR count). The number of aryl methyl sites for hydroxylation is 1. The van der Waals surface area contributed by atoms with E-state index in [1.807, 2.05) is 5.38 Å². The van der Waals surface area contributed by atoms with Crippen molar-refractivity contribution >= 4 is 23.3 Å². The van der Waals surface area contributed by atoms with Crippen LogP contribution < -0.4 is 5.32 Å². The summed E-state index contributed by atoms with van der Waals surface area (Å²) in [5.41, 5.74) is 0. The predicted molar refractivity (Wildman–Crippen MR) is 70.9 cm³/mol. The number of hydrogen-bond donors (Lipinski definition) is 2. The number of aromatic nitrogens is 4. The highest BCUT2D eigenvalue weighted by molar-refractivity contribution is 7.09. The number of aromatic amines is 1. The van der Waals surface area contributed by atoms with Crippen LogP contribution >= 0.6 is 11.3 Å². The monoisotopic (exact) mass is 278 g/mol. The van der Waals surface area contributed by atoms with Gasteiger partial charge in [0.15, 0.2) is 0 Å². The molecule has 1 aliphatic heterocycles. The van der Waals surface area contributed by atoms with Crippen molar-refractivity contribution in [1.29, 1.82) is 0 Å². The summed E-state index contributed by atoms with van der Waals surface area (Å²) >= 11 is 1.58. The van der Waals surface area contributed by atoms with Gasteiger partial charge in [-0.15, -0.1) is 16.4 Å². The predicted octanol–water partition coefficient (Wildman–Crippen LogP) is 1.94. The Bertz CT molecular complexity index is 566. The number of amides is 2. The zero-order valence-electron chi connectivity index (χ0n) is 10.5. The van der Waals surface area contributed by atoms with E-state index in [-0.39, 0.29) is 12.1 Å². The van der Waals surface area contributed by atoms with Gasteiger partial charge in [0.05, 0.1) is 6.04 Å². The van der Waals surface area contributed by atoms with Gasteiger partial charge in [0.2, 0.25) is 5.95 Å². The molecule has 1 unspecified atom stereocenters. The number of anilines is 1. The second-order valence-corrected chi connectivity index (χ2v) is 5.32. The molecule has 0 aromatic carbocycles. The summed E-state index contributed by atoms with van der Waals surface area (Å²) in [6.45, 7) is 2.52. The molecule has 0 spiro atoms. The topological polar surface area (TPSA) is 86.8 Å². The average molecular weight is 278 g/mol. The van der Waals surface area contributed by atoms with Crippen molar-refractivity contribution in [3.8, 4) is 0 Å². The highest BCUT2D eigenvalue weighted by Gasteiger charge is 2.32. The van der Waals surface area contributed by atoms with Gasteiger partial charge in [-0.2, -0.15) is 4.98 Å². The number of likely N-dealkylation sites (tertiary alicyclic amines) is 1. The molecule has 1 saturated heterocycles. The minimum absolute atomic E-state index is 0.0695. The fourth-order valence-electron chi connectivity index (χ4n) is 2.23. The van der Waals surface area contributed by atoms with Gasteiger partial charge in [0, 0.05) is 18.1 Å². The van der Waals surface area contributed by atoms with E-state index in [1.165, 1.54) is 0 Å². The number of nitrogens with one attached hydrogen (secondary N) is 2. The zero-order valence-corrected chi connectivity index (χ0v) is 11.3. The van der Waals surface area contributed by atoms with Crippen LogP contribution in [-0.2, 0) is 0 Å². The Morgan fingerprint density at radius 1 is 1.63 bits per heavy atom. The first-order valence-electron chi connectivity index (χ1n) is 6.10. The van der Waals surface area contributed by atoms with Crippen molar-refractivity contribution in [3.63, 3.8) is 0 Å². The molecular weight excluding hydrogens is 264 g/mol. The molecule has 8 heteroatoms. The van der Waals surface area contributed by atoms with Crippen molar-refractivity contribution in [2.75, 3.05) is 11.9 Å². The van der Waals surface area contributed by atoms with E-state index >= 15 is 0 Å². The zero-order chi connectivity index (χ0) is 13.2. The first-order valence-corrected chi connectivity index (χ1v) is 6.98. The Kier molecular flexibility index (Phi) is 3.16. The Balaban J connectivity index is 1.72. The van der Waals surface area contributed by atoms with Crippen LogP contribution in [0.2, 0.25) is 0 Å². The highest BCUT2D eigenvalue weighted by atomic mass is 32.1. The van der Waals surface area contributed by atoms with E-state index < -0.39 is 0 Å². The van der Waals surface area contributed by atoms with Gasteiger partial charge < -0.3 is 4.90 Å². The van der Waals surface area contributed by atoms with Gasteiger partial charge in [-0.05, 0) is 19.8 Å². The highest BCUT2D eigenvalue weighted by Crippen LogP contribution is 2.33. The van der Waals surface area contributed by atoms with Crippen LogP contribution in [0.1, 0.15) is 29.7 Å². The number of rotatable bonds is 2. The fraction of sp³-hybridized carbons (Fsp3) is 0.455. The second-order valence-electron chi connectivity index (χ2n) is 4.40. The minimum atomic E-state index is -0.170. The number of thiazole rings is 1. The number of hydrogen-bond acceptors (Lipinski definition) is 5. The molecule has 0 radical (unpaired) electrons.